The minimum Gasteiger partial charge on any atom is -0.324 e. The number of nitrogens with one attached hydrogen (secondary N) is 1. The van der Waals surface area contributed by atoms with Gasteiger partial charge in [-0.1, -0.05) is 11.3 Å². The maximum atomic E-state index is 12.1. The van der Waals surface area contributed by atoms with Crippen molar-refractivity contribution in [1.82, 2.24) is 20.0 Å². The van der Waals surface area contributed by atoms with Gasteiger partial charge in [-0.25, -0.2) is 9.67 Å². The molecule has 0 saturated carbocycles. The average Bonchev–Trinajstić information content (AvgIpc) is 3.05. The molecule has 1 atom stereocenters. The number of aromatic nitrogens is 4. The van der Waals surface area contributed by atoms with Gasteiger partial charge in [-0.15, -0.1) is 16.4 Å². The molecule has 1 amide bonds. The number of nitrogens with zero attached hydrogens (tertiary/aromatic N) is 4. The summed E-state index contributed by atoms with van der Waals surface area (Å²) in [4.78, 5) is 17.5. The second-order valence-corrected chi connectivity index (χ2v) is 6.46. The van der Waals surface area contributed by atoms with Crippen LogP contribution in [0.15, 0.2) is 18.3 Å². The van der Waals surface area contributed by atoms with Crippen LogP contribution in [0.3, 0.4) is 0 Å². The van der Waals surface area contributed by atoms with E-state index in [1.807, 2.05) is 26.2 Å². The van der Waals surface area contributed by atoms with Crippen LogP contribution in [-0.2, 0) is 11.8 Å². The number of hydrogen-bond acceptors (Lipinski definition) is 5. The van der Waals surface area contributed by atoms with E-state index >= 15 is 0 Å². The zero-order chi connectivity index (χ0) is 14.6. The van der Waals surface area contributed by atoms with E-state index in [4.69, 9.17) is 0 Å². The first-order valence-electron chi connectivity index (χ1n) is 6.68. The summed E-state index contributed by atoms with van der Waals surface area (Å²) in [6.07, 6.45) is 2.31. The zero-order valence-electron chi connectivity index (χ0n) is 11.6. The number of thiazole rings is 1. The summed E-state index contributed by atoms with van der Waals surface area (Å²) in [5.74, 6) is 0.0584. The number of fused-ring (bicyclic) bond motifs is 3. The number of carbonyl (C=O) groups excluding carboxylic acids is 1. The molecule has 0 bridgehead atoms. The lowest BCUT2D eigenvalue weighted by atomic mass is 9.89. The predicted octanol–water partition coefficient (Wildman–Crippen LogP) is 2.21. The average molecular weight is 299 g/mol. The summed E-state index contributed by atoms with van der Waals surface area (Å²) >= 11 is 1.64. The molecule has 0 spiro atoms. The van der Waals surface area contributed by atoms with Crippen molar-refractivity contribution in [3.05, 3.63) is 33.8 Å². The molecule has 2 aromatic heterocycles. The fourth-order valence-corrected chi connectivity index (χ4v) is 3.72. The molecule has 3 heterocycles. The molecule has 106 valence electrons. The Labute approximate surface area is 124 Å². The van der Waals surface area contributed by atoms with Crippen LogP contribution >= 0.6 is 11.3 Å². The first-order valence-corrected chi connectivity index (χ1v) is 7.49. The topological polar surface area (TPSA) is 72.7 Å². The van der Waals surface area contributed by atoms with E-state index in [9.17, 15) is 4.79 Å². The molecule has 7 heteroatoms. The number of aryl methyl sites for hydroxylation is 2. The fourth-order valence-electron chi connectivity index (χ4n) is 2.82. The highest BCUT2D eigenvalue weighted by Gasteiger charge is 2.30. The molecule has 1 aliphatic rings. The lowest BCUT2D eigenvalue weighted by molar-refractivity contribution is -0.116. The van der Waals surface area contributed by atoms with Crippen molar-refractivity contribution in [3.8, 4) is 0 Å². The standard InChI is InChI=1S/C14H13N5OS/c1-7-15-6-11(21-7)9-5-12(20)16-13-8(9)3-4-10-14(13)17-18-19(10)2/h3-4,6,9H,5H2,1-2H3,(H,16,20). The van der Waals surface area contributed by atoms with Gasteiger partial charge in [0.25, 0.3) is 0 Å². The quantitative estimate of drug-likeness (QED) is 0.747. The van der Waals surface area contributed by atoms with Gasteiger partial charge in [-0.05, 0) is 18.6 Å². The molecule has 1 aromatic carbocycles. The molecule has 1 aliphatic heterocycles. The van der Waals surface area contributed by atoms with Gasteiger partial charge in [-0.2, -0.15) is 0 Å². The summed E-state index contributed by atoms with van der Waals surface area (Å²) in [5.41, 5.74) is 3.53. The second-order valence-electron chi connectivity index (χ2n) is 5.20. The Morgan fingerprint density at radius 2 is 2.29 bits per heavy atom. The Hall–Kier alpha value is -2.28. The van der Waals surface area contributed by atoms with Crippen molar-refractivity contribution in [1.29, 1.82) is 0 Å². The lowest BCUT2D eigenvalue weighted by Gasteiger charge is -2.24. The minimum absolute atomic E-state index is 0.0108. The Kier molecular flexibility index (Phi) is 2.58. The Morgan fingerprint density at radius 1 is 1.43 bits per heavy atom. The third kappa shape index (κ3) is 1.84. The number of rotatable bonds is 1. The SMILES string of the molecule is Cc1ncc(C2CC(=O)Nc3c2ccc2c3nnn2C)s1. The summed E-state index contributed by atoms with van der Waals surface area (Å²) in [6.45, 7) is 1.98. The largest absolute Gasteiger partial charge is 0.324 e. The predicted molar refractivity (Wildman–Crippen MR) is 80.4 cm³/mol. The number of amides is 1. The molecule has 1 N–H and O–H groups in total. The monoisotopic (exact) mass is 299 g/mol. The third-order valence-electron chi connectivity index (χ3n) is 3.83. The van der Waals surface area contributed by atoms with Crippen LogP contribution < -0.4 is 5.32 Å². The Balaban J connectivity index is 1.95. The van der Waals surface area contributed by atoms with Crippen LogP contribution in [-0.4, -0.2) is 25.9 Å². The van der Waals surface area contributed by atoms with Crippen molar-refractivity contribution in [2.45, 2.75) is 19.3 Å². The Bertz CT molecular complexity index is 866. The summed E-state index contributed by atoms with van der Waals surface area (Å²) in [5, 5.41) is 12.2. The molecule has 4 rings (SSSR count). The lowest BCUT2D eigenvalue weighted by Crippen LogP contribution is -2.23. The molecule has 0 radical (unpaired) electrons. The van der Waals surface area contributed by atoms with Gasteiger partial charge in [-0.3, -0.25) is 4.79 Å². The molecule has 0 aliphatic carbocycles. The normalized spacial score (nSPS) is 17.8. The second kappa shape index (κ2) is 4.36. The molecule has 0 fully saturated rings. The van der Waals surface area contributed by atoms with Crippen molar-refractivity contribution in [3.63, 3.8) is 0 Å². The third-order valence-corrected chi connectivity index (χ3v) is 4.85. The maximum Gasteiger partial charge on any atom is 0.225 e. The van der Waals surface area contributed by atoms with E-state index < -0.39 is 0 Å². The van der Waals surface area contributed by atoms with Crippen LogP contribution in [0.2, 0.25) is 0 Å². The number of hydrogen-bond donors (Lipinski definition) is 1. The smallest absolute Gasteiger partial charge is 0.225 e. The van der Waals surface area contributed by atoms with Crippen LogP contribution in [0, 0.1) is 6.92 Å². The first-order chi connectivity index (χ1) is 10.1. The maximum absolute atomic E-state index is 12.1. The number of carbonyl (C=O) groups is 1. The number of benzene rings is 1. The molecular formula is C14H13N5OS. The molecular weight excluding hydrogens is 286 g/mol. The van der Waals surface area contributed by atoms with E-state index in [1.54, 1.807) is 16.0 Å². The summed E-state index contributed by atoms with van der Waals surface area (Å²) < 4.78 is 1.71. The highest BCUT2D eigenvalue weighted by Crippen LogP contribution is 2.41. The van der Waals surface area contributed by atoms with Crippen LogP contribution in [0.5, 0.6) is 0 Å². The van der Waals surface area contributed by atoms with Gasteiger partial charge in [0.2, 0.25) is 5.91 Å². The van der Waals surface area contributed by atoms with Crippen molar-refractivity contribution < 1.29 is 4.79 Å². The van der Waals surface area contributed by atoms with E-state index in [0.29, 0.717) is 6.42 Å². The molecule has 1 unspecified atom stereocenters. The summed E-state index contributed by atoms with van der Waals surface area (Å²) in [7, 11) is 1.84. The van der Waals surface area contributed by atoms with Crippen LogP contribution in [0.25, 0.3) is 11.0 Å². The van der Waals surface area contributed by atoms with E-state index in [-0.39, 0.29) is 11.8 Å². The van der Waals surface area contributed by atoms with Crippen molar-refractivity contribution in [2.24, 2.45) is 7.05 Å². The van der Waals surface area contributed by atoms with Gasteiger partial charge >= 0.3 is 0 Å². The van der Waals surface area contributed by atoms with Crippen LogP contribution in [0.1, 0.15) is 27.8 Å². The Morgan fingerprint density at radius 3 is 3.05 bits per heavy atom. The van der Waals surface area contributed by atoms with Gasteiger partial charge in [0.1, 0.15) is 5.52 Å². The zero-order valence-corrected chi connectivity index (χ0v) is 12.4. The van der Waals surface area contributed by atoms with Crippen LogP contribution in [0.4, 0.5) is 5.69 Å². The van der Waals surface area contributed by atoms with Gasteiger partial charge < -0.3 is 5.32 Å². The van der Waals surface area contributed by atoms with Crippen molar-refractivity contribution in [2.75, 3.05) is 5.32 Å². The molecule has 0 saturated heterocycles. The molecule has 3 aromatic rings. The fraction of sp³-hybridized carbons (Fsp3) is 0.286. The number of anilines is 1. The molecule has 6 nitrogen and oxygen atoms in total. The minimum atomic E-state index is 0.0108. The highest BCUT2D eigenvalue weighted by atomic mass is 32.1. The van der Waals surface area contributed by atoms with Gasteiger partial charge in [0.05, 0.1) is 16.2 Å². The van der Waals surface area contributed by atoms with Crippen molar-refractivity contribution >= 4 is 34.0 Å². The van der Waals surface area contributed by atoms with E-state index in [2.05, 4.69) is 26.7 Å². The summed E-state index contributed by atoms with van der Waals surface area (Å²) in [6, 6.07) is 4.06. The van der Waals surface area contributed by atoms with Gasteiger partial charge in [0, 0.05) is 30.5 Å². The van der Waals surface area contributed by atoms with Gasteiger partial charge in [0.15, 0.2) is 0 Å². The molecule has 21 heavy (non-hydrogen) atoms. The first kappa shape index (κ1) is 12.5. The highest BCUT2D eigenvalue weighted by molar-refractivity contribution is 7.11. The van der Waals surface area contributed by atoms with E-state index in [1.165, 1.54) is 0 Å². The van der Waals surface area contributed by atoms with E-state index in [0.717, 1.165) is 32.2 Å².